The first-order valence-electron chi connectivity index (χ1n) is 2.91. The molecule has 0 aliphatic carbocycles. The molecule has 66 valence electrons. The Kier molecular flexibility index (Phi) is 5.68. The third-order valence-corrected chi connectivity index (χ3v) is 2.38. The molecule has 0 bridgehead atoms. The van der Waals surface area contributed by atoms with E-state index < -0.39 is 5.97 Å². The van der Waals surface area contributed by atoms with Crippen LogP contribution < -0.4 is 29.6 Å². The van der Waals surface area contributed by atoms with Gasteiger partial charge in [0.2, 0.25) is 0 Å². The number of hydrogen-bond donors (Lipinski definition) is 1. The van der Waals surface area contributed by atoms with Gasteiger partial charge < -0.3 is 6.53 Å². The van der Waals surface area contributed by atoms with Crippen LogP contribution in [0, 0.1) is 0 Å². The first-order chi connectivity index (χ1) is 5.54. The predicted octanol–water partition coefficient (Wildman–Crippen LogP) is 0.461. The van der Waals surface area contributed by atoms with Crippen LogP contribution in [0.5, 0.6) is 0 Å². The Morgan fingerprint density at radius 1 is 1.23 bits per heavy atom. The molecule has 2 nitrogen and oxygen atoms in total. The molecular formula is C7H4Cl3NaO2. The fourth-order valence-electron chi connectivity index (χ4n) is 0.723. The number of halogens is 3. The number of rotatable bonds is 1. The normalized spacial score (nSPS) is 9.15. The molecule has 6 heteroatoms. The quantitative estimate of drug-likeness (QED) is 0.580. The van der Waals surface area contributed by atoms with E-state index in [9.17, 15) is 4.79 Å². The fourth-order valence-corrected chi connectivity index (χ4v) is 1.41. The van der Waals surface area contributed by atoms with Crippen LogP contribution in [0.15, 0.2) is 12.1 Å². The maximum atomic E-state index is 10.6. The first-order valence-corrected chi connectivity index (χ1v) is 4.04. The van der Waals surface area contributed by atoms with E-state index in [1.54, 1.807) is 0 Å². The molecule has 0 saturated heterocycles. The average molecular weight is 249 g/mol. The summed E-state index contributed by atoms with van der Waals surface area (Å²) in [7, 11) is 0. The summed E-state index contributed by atoms with van der Waals surface area (Å²) in [5, 5.41) is 8.87. The third-order valence-electron chi connectivity index (χ3n) is 1.26. The van der Waals surface area contributed by atoms with Crippen LogP contribution in [-0.2, 0) is 0 Å². The molecule has 0 atom stereocenters. The maximum Gasteiger partial charge on any atom is 1.00 e. The Bertz CT molecular complexity index is 346. The summed E-state index contributed by atoms with van der Waals surface area (Å²) < 4.78 is 0. The van der Waals surface area contributed by atoms with Crippen molar-refractivity contribution in [2.75, 3.05) is 0 Å². The zero-order valence-electron chi connectivity index (χ0n) is 7.64. The van der Waals surface area contributed by atoms with Crippen LogP contribution in [0.1, 0.15) is 11.8 Å². The Morgan fingerprint density at radius 2 is 1.69 bits per heavy atom. The van der Waals surface area contributed by atoms with Crippen LogP contribution in [-0.4, -0.2) is 11.1 Å². The molecule has 0 saturated carbocycles. The summed E-state index contributed by atoms with van der Waals surface area (Å²) in [5.41, 5.74) is -0.161. The number of aromatic carboxylic acids is 1. The minimum absolute atomic E-state index is 0. The van der Waals surface area contributed by atoms with E-state index >= 15 is 0 Å². The van der Waals surface area contributed by atoms with Gasteiger partial charge in [0.25, 0.3) is 0 Å². The van der Waals surface area contributed by atoms with E-state index in [4.69, 9.17) is 39.9 Å². The molecule has 0 amide bonds. The van der Waals surface area contributed by atoms with Crippen molar-refractivity contribution in [3.05, 3.63) is 32.8 Å². The smallest absolute Gasteiger partial charge is 1.00 e. The Labute approximate surface area is 114 Å². The minimum atomic E-state index is -1.19. The van der Waals surface area contributed by atoms with Crippen LogP contribution in [0.4, 0.5) is 0 Å². The van der Waals surface area contributed by atoms with Crippen LogP contribution in [0.2, 0.25) is 15.1 Å². The van der Waals surface area contributed by atoms with Crippen LogP contribution in [0.25, 0.3) is 0 Å². The number of carboxylic acid groups (broad SMARTS) is 1. The monoisotopic (exact) mass is 248 g/mol. The first kappa shape index (κ1) is 13.6. The molecule has 0 radical (unpaired) electrons. The molecule has 0 fully saturated rings. The number of hydrogen-bond acceptors (Lipinski definition) is 1. The van der Waals surface area contributed by atoms with Gasteiger partial charge in [-0.2, -0.15) is 0 Å². The summed E-state index contributed by atoms with van der Waals surface area (Å²) in [6.07, 6.45) is 0. The van der Waals surface area contributed by atoms with Crippen molar-refractivity contribution in [1.29, 1.82) is 0 Å². The van der Waals surface area contributed by atoms with Gasteiger partial charge in [0.15, 0.2) is 0 Å². The number of carboxylic acids is 1. The van der Waals surface area contributed by atoms with E-state index in [1.165, 1.54) is 12.1 Å². The van der Waals surface area contributed by atoms with Gasteiger partial charge in [-0.25, -0.2) is 4.79 Å². The Balaban J connectivity index is 0. The number of benzene rings is 1. The minimum Gasteiger partial charge on any atom is -1.00 e. The van der Waals surface area contributed by atoms with Gasteiger partial charge in [-0.3, -0.25) is 0 Å². The van der Waals surface area contributed by atoms with E-state index in [1.807, 2.05) is 0 Å². The van der Waals surface area contributed by atoms with Gasteiger partial charge >= 0.3 is 35.5 Å². The maximum absolute atomic E-state index is 10.6. The largest absolute Gasteiger partial charge is 1.00 e. The summed E-state index contributed by atoms with van der Waals surface area (Å²) in [6.45, 7) is 0. The predicted molar refractivity (Wildman–Crippen MR) is 49.5 cm³/mol. The second kappa shape index (κ2) is 5.44. The molecule has 0 aliphatic rings. The van der Waals surface area contributed by atoms with Crippen molar-refractivity contribution in [2.45, 2.75) is 0 Å². The average Bonchev–Trinajstić information content (AvgIpc) is 1.97. The molecule has 0 unspecified atom stereocenters. The van der Waals surface area contributed by atoms with Gasteiger partial charge in [-0.1, -0.05) is 34.8 Å². The van der Waals surface area contributed by atoms with Crippen molar-refractivity contribution in [2.24, 2.45) is 0 Å². The summed E-state index contributed by atoms with van der Waals surface area (Å²) in [4.78, 5) is 10.6. The van der Waals surface area contributed by atoms with E-state index in [0.717, 1.165) is 0 Å². The zero-order valence-corrected chi connectivity index (χ0v) is 10.9. The van der Waals surface area contributed by atoms with Gasteiger partial charge in [0, 0.05) is 0 Å². The second-order valence-corrected chi connectivity index (χ2v) is 3.22. The van der Waals surface area contributed by atoms with Gasteiger partial charge in [0.05, 0.1) is 20.6 Å². The van der Waals surface area contributed by atoms with E-state index in [-0.39, 0.29) is 51.6 Å². The molecule has 0 aromatic heterocycles. The molecule has 0 aliphatic heterocycles. The summed E-state index contributed by atoms with van der Waals surface area (Å²) in [5.74, 6) is -1.19. The second-order valence-electron chi connectivity index (χ2n) is 2.02. The van der Waals surface area contributed by atoms with Crippen LogP contribution in [0.3, 0.4) is 0 Å². The van der Waals surface area contributed by atoms with Gasteiger partial charge in [-0.05, 0) is 12.1 Å². The third kappa shape index (κ3) is 3.01. The van der Waals surface area contributed by atoms with Crippen molar-refractivity contribution >= 4 is 40.8 Å². The van der Waals surface area contributed by atoms with Gasteiger partial charge in [0.1, 0.15) is 0 Å². The van der Waals surface area contributed by atoms with E-state index in [2.05, 4.69) is 0 Å². The fraction of sp³-hybridized carbons (Fsp3) is 0. The number of carbonyl (C=O) groups is 1. The Hall–Kier alpha value is 0.560. The summed E-state index contributed by atoms with van der Waals surface area (Å²) >= 11 is 16.7. The summed E-state index contributed by atoms with van der Waals surface area (Å²) in [6, 6.07) is 2.83. The topological polar surface area (TPSA) is 37.3 Å². The van der Waals surface area contributed by atoms with Crippen molar-refractivity contribution in [3.8, 4) is 0 Å². The molecule has 0 heterocycles. The molecule has 13 heavy (non-hydrogen) atoms. The van der Waals surface area contributed by atoms with Crippen LogP contribution >= 0.6 is 34.8 Å². The van der Waals surface area contributed by atoms with Crippen molar-refractivity contribution in [3.63, 3.8) is 0 Å². The molecule has 1 aromatic carbocycles. The molecule has 1 aromatic rings. The SMILES string of the molecule is O=C(O)c1c(Cl)ccc(Cl)c1Cl.[H-].[Na+]. The van der Waals surface area contributed by atoms with Crippen molar-refractivity contribution in [1.82, 2.24) is 0 Å². The molecular weight excluding hydrogens is 245 g/mol. The van der Waals surface area contributed by atoms with E-state index in [0.29, 0.717) is 0 Å². The zero-order chi connectivity index (χ0) is 9.30. The van der Waals surface area contributed by atoms with Gasteiger partial charge in [-0.15, -0.1) is 0 Å². The Morgan fingerprint density at radius 3 is 2.08 bits per heavy atom. The standard InChI is InChI=1S/C7H3Cl3O2.Na.H/c8-3-1-2-4(9)6(10)5(3)7(11)12;;/h1-2H,(H,11,12);;/q;+1;-1. The molecule has 0 spiro atoms. The van der Waals surface area contributed by atoms with Crippen molar-refractivity contribution < 1.29 is 40.9 Å². The molecule has 1 N–H and O–H groups in total. The molecule has 1 rings (SSSR count).